The van der Waals surface area contributed by atoms with Crippen LogP contribution in [0.4, 0.5) is 17.3 Å². The summed E-state index contributed by atoms with van der Waals surface area (Å²) in [6, 6.07) is 5.77. The molecule has 0 bridgehead atoms. The van der Waals surface area contributed by atoms with Crippen LogP contribution in [0.1, 0.15) is 5.56 Å². The highest BCUT2D eigenvalue weighted by atomic mass is 15.1. The molecule has 0 aliphatic carbocycles. The first-order valence-corrected chi connectivity index (χ1v) is 4.38. The van der Waals surface area contributed by atoms with E-state index >= 15 is 0 Å². The van der Waals surface area contributed by atoms with Crippen LogP contribution in [0.2, 0.25) is 0 Å². The van der Waals surface area contributed by atoms with Gasteiger partial charge < -0.3 is 16.0 Å². The number of nitrogen functional groups attached to an aromatic ring is 1. The van der Waals surface area contributed by atoms with E-state index in [4.69, 9.17) is 5.73 Å². The zero-order valence-electron chi connectivity index (χ0n) is 7.91. The molecule has 0 aliphatic rings. The van der Waals surface area contributed by atoms with Crippen molar-refractivity contribution in [3.63, 3.8) is 0 Å². The monoisotopic (exact) mass is 188 g/mol. The van der Waals surface area contributed by atoms with E-state index in [1.165, 1.54) is 0 Å². The number of H-pyrrole nitrogens is 1. The second kappa shape index (κ2) is 3.41. The van der Waals surface area contributed by atoms with E-state index in [-0.39, 0.29) is 0 Å². The highest BCUT2D eigenvalue weighted by molar-refractivity contribution is 5.56. The van der Waals surface area contributed by atoms with Gasteiger partial charge in [-0.05, 0) is 30.7 Å². The molecule has 0 unspecified atom stereocenters. The Morgan fingerprint density at radius 2 is 2.36 bits per heavy atom. The molecule has 4 N–H and O–H groups in total. The average molecular weight is 188 g/mol. The van der Waals surface area contributed by atoms with Crippen molar-refractivity contribution in [1.82, 2.24) is 9.97 Å². The summed E-state index contributed by atoms with van der Waals surface area (Å²) in [5.74, 6) is 1.71. The highest BCUT2D eigenvalue weighted by Crippen LogP contribution is 2.16. The first kappa shape index (κ1) is 8.62. The molecule has 0 spiro atoms. The van der Waals surface area contributed by atoms with Crippen LogP contribution in [0.3, 0.4) is 0 Å². The molecule has 0 fully saturated rings. The molecule has 2 aromatic rings. The number of nitrogens with zero attached hydrogens (tertiary/aromatic N) is 1. The van der Waals surface area contributed by atoms with Crippen molar-refractivity contribution in [3.05, 3.63) is 36.2 Å². The molecule has 72 valence electrons. The first-order chi connectivity index (χ1) is 6.75. The van der Waals surface area contributed by atoms with Gasteiger partial charge in [-0.2, -0.15) is 0 Å². The lowest BCUT2D eigenvalue weighted by molar-refractivity contribution is 1.26. The fourth-order valence-electron chi connectivity index (χ4n) is 1.18. The van der Waals surface area contributed by atoms with Gasteiger partial charge in [-0.1, -0.05) is 0 Å². The van der Waals surface area contributed by atoms with E-state index in [1.54, 1.807) is 6.20 Å². The number of aromatic amines is 1. The van der Waals surface area contributed by atoms with Gasteiger partial charge in [0.25, 0.3) is 0 Å². The number of nitrogens with one attached hydrogen (secondary N) is 2. The molecule has 0 saturated heterocycles. The lowest BCUT2D eigenvalue weighted by atomic mass is 10.2. The third-order valence-electron chi connectivity index (χ3n) is 2.01. The second-order valence-electron chi connectivity index (χ2n) is 3.13. The molecule has 0 aromatic carbocycles. The SMILES string of the molecule is Cc1cc(Nc2ccc[nH]2)ncc1N. The zero-order valence-corrected chi connectivity index (χ0v) is 7.91. The van der Waals surface area contributed by atoms with Crippen molar-refractivity contribution in [2.24, 2.45) is 0 Å². The average Bonchev–Trinajstić information content (AvgIpc) is 2.64. The largest absolute Gasteiger partial charge is 0.397 e. The van der Waals surface area contributed by atoms with Crippen LogP contribution in [0.25, 0.3) is 0 Å². The van der Waals surface area contributed by atoms with Gasteiger partial charge in [0, 0.05) is 6.20 Å². The molecular weight excluding hydrogens is 176 g/mol. The Morgan fingerprint density at radius 3 is 3.00 bits per heavy atom. The normalized spacial score (nSPS) is 10.1. The summed E-state index contributed by atoms with van der Waals surface area (Å²) < 4.78 is 0. The summed E-state index contributed by atoms with van der Waals surface area (Å²) in [5.41, 5.74) is 7.40. The number of anilines is 3. The Hall–Kier alpha value is -1.97. The van der Waals surface area contributed by atoms with E-state index in [9.17, 15) is 0 Å². The van der Waals surface area contributed by atoms with Crippen LogP contribution in [-0.2, 0) is 0 Å². The van der Waals surface area contributed by atoms with Gasteiger partial charge in [-0.3, -0.25) is 0 Å². The smallest absolute Gasteiger partial charge is 0.131 e. The third-order valence-corrected chi connectivity index (χ3v) is 2.01. The van der Waals surface area contributed by atoms with Crippen molar-refractivity contribution >= 4 is 17.3 Å². The predicted molar refractivity (Wildman–Crippen MR) is 57.5 cm³/mol. The number of aryl methyl sites for hydroxylation is 1. The molecule has 2 rings (SSSR count). The summed E-state index contributed by atoms with van der Waals surface area (Å²) in [4.78, 5) is 7.20. The van der Waals surface area contributed by atoms with E-state index < -0.39 is 0 Å². The second-order valence-corrected chi connectivity index (χ2v) is 3.13. The molecule has 0 radical (unpaired) electrons. The maximum atomic E-state index is 5.66. The Labute approximate surface area is 82.2 Å². The number of hydrogen-bond donors (Lipinski definition) is 3. The Bertz CT molecular complexity index is 420. The predicted octanol–water partition coefficient (Wildman–Crippen LogP) is 2.04. The fraction of sp³-hybridized carbons (Fsp3) is 0.100. The first-order valence-electron chi connectivity index (χ1n) is 4.38. The van der Waals surface area contributed by atoms with Crippen LogP contribution in [0.15, 0.2) is 30.6 Å². The summed E-state index contributed by atoms with van der Waals surface area (Å²) in [6.45, 7) is 1.96. The van der Waals surface area contributed by atoms with Crippen LogP contribution in [0, 0.1) is 6.92 Å². The Balaban J connectivity index is 2.22. The van der Waals surface area contributed by atoms with E-state index in [0.717, 1.165) is 17.2 Å². The number of hydrogen-bond acceptors (Lipinski definition) is 3. The van der Waals surface area contributed by atoms with Gasteiger partial charge in [0.05, 0.1) is 11.9 Å². The summed E-state index contributed by atoms with van der Waals surface area (Å²) >= 11 is 0. The molecule has 0 saturated carbocycles. The number of aromatic nitrogens is 2. The van der Waals surface area contributed by atoms with Crippen molar-refractivity contribution in [3.8, 4) is 0 Å². The van der Waals surface area contributed by atoms with Crippen molar-refractivity contribution in [2.45, 2.75) is 6.92 Å². The van der Waals surface area contributed by atoms with Gasteiger partial charge in [-0.15, -0.1) is 0 Å². The van der Waals surface area contributed by atoms with Crippen LogP contribution in [-0.4, -0.2) is 9.97 Å². The molecule has 4 nitrogen and oxygen atoms in total. The molecule has 0 aliphatic heterocycles. The topological polar surface area (TPSA) is 66.7 Å². The highest BCUT2D eigenvalue weighted by Gasteiger charge is 1.98. The summed E-state index contributed by atoms with van der Waals surface area (Å²) in [5, 5.41) is 3.13. The number of nitrogens with two attached hydrogens (primary N) is 1. The lowest BCUT2D eigenvalue weighted by Gasteiger charge is -2.05. The van der Waals surface area contributed by atoms with Gasteiger partial charge in [0.15, 0.2) is 0 Å². The minimum atomic E-state index is 0.710. The Kier molecular flexibility index (Phi) is 2.10. The maximum absolute atomic E-state index is 5.66. The standard InChI is InChI=1S/C10H12N4/c1-7-5-10(13-6-8(7)11)14-9-3-2-4-12-9/h2-6,12H,11H2,1H3,(H,13,14). The molecule has 0 amide bonds. The van der Waals surface area contributed by atoms with Gasteiger partial charge in [0.1, 0.15) is 11.6 Å². The minimum Gasteiger partial charge on any atom is -0.397 e. The molecule has 2 heterocycles. The van der Waals surface area contributed by atoms with E-state index in [2.05, 4.69) is 15.3 Å². The molecule has 14 heavy (non-hydrogen) atoms. The third kappa shape index (κ3) is 1.69. The quantitative estimate of drug-likeness (QED) is 0.675. The van der Waals surface area contributed by atoms with Gasteiger partial charge in [0.2, 0.25) is 0 Å². The summed E-state index contributed by atoms with van der Waals surface area (Å²) in [6.07, 6.45) is 3.51. The van der Waals surface area contributed by atoms with Crippen LogP contribution >= 0.6 is 0 Å². The van der Waals surface area contributed by atoms with Crippen molar-refractivity contribution < 1.29 is 0 Å². The molecular formula is C10H12N4. The van der Waals surface area contributed by atoms with Crippen LogP contribution in [0.5, 0.6) is 0 Å². The van der Waals surface area contributed by atoms with Crippen molar-refractivity contribution in [1.29, 1.82) is 0 Å². The van der Waals surface area contributed by atoms with Crippen molar-refractivity contribution in [2.75, 3.05) is 11.1 Å². The van der Waals surface area contributed by atoms with Crippen LogP contribution < -0.4 is 11.1 Å². The fourth-order valence-corrected chi connectivity index (χ4v) is 1.18. The van der Waals surface area contributed by atoms with Gasteiger partial charge in [-0.25, -0.2) is 4.98 Å². The molecule has 2 aromatic heterocycles. The van der Waals surface area contributed by atoms with E-state index in [1.807, 2.05) is 31.3 Å². The summed E-state index contributed by atoms with van der Waals surface area (Å²) in [7, 11) is 0. The number of rotatable bonds is 2. The lowest BCUT2D eigenvalue weighted by Crippen LogP contribution is -1.97. The molecule has 4 heteroatoms. The zero-order chi connectivity index (χ0) is 9.97. The minimum absolute atomic E-state index is 0.710. The van der Waals surface area contributed by atoms with Gasteiger partial charge >= 0.3 is 0 Å². The van der Waals surface area contributed by atoms with E-state index in [0.29, 0.717) is 5.69 Å². The number of pyridine rings is 1. The maximum Gasteiger partial charge on any atom is 0.131 e. The molecule has 0 atom stereocenters. The Morgan fingerprint density at radius 1 is 1.50 bits per heavy atom.